The first-order valence-electron chi connectivity index (χ1n) is 6.42. The molecule has 1 unspecified atom stereocenters. The average Bonchev–Trinajstić information content (AvgIpc) is 2.33. The number of carbonyl (C=O) groups is 1. The summed E-state index contributed by atoms with van der Waals surface area (Å²) in [5, 5.41) is 9.39. The number of hydrogen-bond acceptors (Lipinski definition) is 2. The molecule has 0 aliphatic carbocycles. The average molecular weight is 286 g/mol. The standard InChI is InChI=1S/C14H17ClFNO2/c15-13-4-3-12(16)7-11(13)9-17-5-1-2-10(8-17)6-14(18)19/h3-4,7,10H,1-2,5-6,8-9H2,(H,18,19). The Balaban J connectivity index is 1.98. The van der Waals surface area contributed by atoms with E-state index in [9.17, 15) is 9.18 Å². The fourth-order valence-electron chi connectivity index (χ4n) is 2.61. The Bertz CT molecular complexity index is 467. The van der Waals surface area contributed by atoms with Crippen molar-refractivity contribution < 1.29 is 14.3 Å². The molecule has 2 rings (SSSR count). The summed E-state index contributed by atoms with van der Waals surface area (Å²) in [5.41, 5.74) is 0.762. The Kier molecular flexibility index (Phi) is 4.77. The third kappa shape index (κ3) is 4.18. The minimum atomic E-state index is -0.754. The van der Waals surface area contributed by atoms with Gasteiger partial charge in [0.25, 0.3) is 0 Å². The molecule has 19 heavy (non-hydrogen) atoms. The number of aliphatic carboxylic acids is 1. The lowest BCUT2D eigenvalue weighted by molar-refractivity contribution is -0.138. The van der Waals surface area contributed by atoms with Gasteiger partial charge in [-0.15, -0.1) is 0 Å². The maximum atomic E-state index is 13.2. The van der Waals surface area contributed by atoms with Crippen molar-refractivity contribution in [1.82, 2.24) is 4.90 Å². The van der Waals surface area contributed by atoms with Crippen LogP contribution in [0.15, 0.2) is 18.2 Å². The highest BCUT2D eigenvalue weighted by molar-refractivity contribution is 6.31. The molecule has 0 aromatic heterocycles. The van der Waals surface area contributed by atoms with E-state index in [0.29, 0.717) is 11.6 Å². The molecular formula is C14H17ClFNO2. The third-order valence-corrected chi connectivity index (χ3v) is 3.84. The molecule has 1 aliphatic rings. The van der Waals surface area contributed by atoms with E-state index in [1.54, 1.807) is 6.07 Å². The Morgan fingerprint density at radius 1 is 1.53 bits per heavy atom. The van der Waals surface area contributed by atoms with E-state index in [1.807, 2.05) is 0 Å². The van der Waals surface area contributed by atoms with Gasteiger partial charge in [-0.2, -0.15) is 0 Å². The number of likely N-dealkylation sites (tertiary alicyclic amines) is 1. The molecule has 1 atom stereocenters. The lowest BCUT2D eigenvalue weighted by Gasteiger charge is -2.32. The van der Waals surface area contributed by atoms with Gasteiger partial charge in [0.05, 0.1) is 0 Å². The molecule has 5 heteroatoms. The van der Waals surface area contributed by atoms with Crippen molar-refractivity contribution in [2.24, 2.45) is 5.92 Å². The van der Waals surface area contributed by atoms with Crippen LogP contribution >= 0.6 is 11.6 Å². The molecular weight excluding hydrogens is 269 g/mol. The van der Waals surface area contributed by atoms with E-state index in [1.165, 1.54) is 12.1 Å². The van der Waals surface area contributed by atoms with Crippen LogP contribution in [0.1, 0.15) is 24.8 Å². The lowest BCUT2D eigenvalue weighted by atomic mass is 9.94. The van der Waals surface area contributed by atoms with E-state index in [0.717, 1.165) is 31.5 Å². The molecule has 1 aromatic rings. The van der Waals surface area contributed by atoms with E-state index in [2.05, 4.69) is 4.90 Å². The molecule has 1 fully saturated rings. The predicted molar refractivity (Wildman–Crippen MR) is 71.7 cm³/mol. The number of carboxylic acid groups (broad SMARTS) is 1. The molecule has 1 heterocycles. The molecule has 0 spiro atoms. The van der Waals surface area contributed by atoms with E-state index in [4.69, 9.17) is 16.7 Å². The summed E-state index contributed by atoms with van der Waals surface area (Å²) in [6.07, 6.45) is 2.12. The SMILES string of the molecule is O=C(O)CC1CCCN(Cc2cc(F)ccc2Cl)C1. The smallest absolute Gasteiger partial charge is 0.303 e. The second-order valence-electron chi connectivity index (χ2n) is 5.08. The number of hydrogen-bond donors (Lipinski definition) is 1. The van der Waals surface area contributed by atoms with E-state index < -0.39 is 5.97 Å². The molecule has 104 valence electrons. The van der Waals surface area contributed by atoms with Crippen LogP contribution in [0.25, 0.3) is 0 Å². The normalized spacial score (nSPS) is 20.4. The summed E-state index contributed by atoms with van der Waals surface area (Å²) in [4.78, 5) is 12.9. The van der Waals surface area contributed by atoms with Gasteiger partial charge in [-0.1, -0.05) is 11.6 Å². The van der Waals surface area contributed by atoms with Crippen LogP contribution in [0.2, 0.25) is 5.02 Å². The molecule has 0 amide bonds. The number of rotatable bonds is 4. The maximum Gasteiger partial charge on any atom is 0.303 e. The number of carboxylic acids is 1. The predicted octanol–water partition coefficient (Wildman–Crippen LogP) is 3.17. The van der Waals surface area contributed by atoms with Crippen LogP contribution < -0.4 is 0 Å². The van der Waals surface area contributed by atoms with Gasteiger partial charge in [-0.25, -0.2) is 4.39 Å². The van der Waals surface area contributed by atoms with Crippen LogP contribution in [-0.4, -0.2) is 29.1 Å². The summed E-state index contributed by atoms with van der Waals surface area (Å²) in [5.74, 6) is -0.868. The first kappa shape index (κ1) is 14.3. The maximum absolute atomic E-state index is 13.2. The molecule has 1 aliphatic heterocycles. The van der Waals surface area contributed by atoms with Crippen molar-refractivity contribution in [2.45, 2.75) is 25.8 Å². The molecule has 0 saturated carbocycles. The fourth-order valence-corrected chi connectivity index (χ4v) is 2.79. The van der Waals surface area contributed by atoms with E-state index in [-0.39, 0.29) is 18.2 Å². The van der Waals surface area contributed by atoms with E-state index >= 15 is 0 Å². The Hall–Kier alpha value is -1.13. The lowest BCUT2D eigenvalue weighted by Crippen LogP contribution is -2.35. The number of piperidine rings is 1. The molecule has 1 saturated heterocycles. The first-order valence-corrected chi connectivity index (χ1v) is 6.80. The van der Waals surface area contributed by atoms with Crippen LogP contribution in [0, 0.1) is 11.7 Å². The summed E-state index contributed by atoms with van der Waals surface area (Å²) in [7, 11) is 0. The van der Waals surface area contributed by atoms with Gasteiger partial charge in [0, 0.05) is 24.5 Å². The highest BCUT2D eigenvalue weighted by Gasteiger charge is 2.22. The quantitative estimate of drug-likeness (QED) is 0.924. The zero-order chi connectivity index (χ0) is 13.8. The third-order valence-electron chi connectivity index (χ3n) is 3.47. The number of halogens is 2. The van der Waals surface area contributed by atoms with Crippen LogP contribution in [-0.2, 0) is 11.3 Å². The van der Waals surface area contributed by atoms with Crippen LogP contribution in [0.5, 0.6) is 0 Å². The largest absolute Gasteiger partial charge is 0.481 e. The van der Waals surface area contributed by atoms with Crippen LogP contribution in [0.3, 0.4) is 0 Å². The Morgan fingerprint density at radius 2 is 2.32 bits per heavy atom. The molecule has 0 bridgehead atoms. The molecule has 1 N–H and O–H groups in total. The topological polar surface area (TPSA) is 40.5 Å². The van der Waals surface area contributed by atoms with Gasteiger partial charge in [0.2, 0.25) is 0 Å². The van der Waals surface area contributed by atoms with Crippen LogP contribution in [0.4, 0.5) is 4.39 Å². The highest BCUT2D eigenvalue weighted by atomic mass is 35.5. The second-order valence-corrected chi connectivity index (χ2v) is 5.48. The molecule has 1 aromatic carbocycles. The Labute approximate surface area is 117 Å². The monoisotopic (exact) mass is 285 g/mol. The zero-order valence-electron chi connectivity index (χ0n) is 10.6. The van der Waals surface area contributed by atoms with Gasteiger partial charge < -0.3 is 5.11 Å². The van der Waals surface area contributed by atoms with Gasteiger partial charge in [-0.3, -0.25) is 9.69 Å². The Morgan fingerprint density at radius 3 is 3.05 bits per heavy atom. The van der Waals surface area contributed by atoms with Gasteiger partial charge in [0.1, 0.15) is 5.82 Å². The van der Waals surface area contributed by atoms with Gasteiger partial charge in [-0.05, 0) is 49.1 Å². The van der Waals surface area contributed by atoms with Crippen molar-refractivity contribution in [2.75, 3.05) is 13.1 Å². The first-order chi connectivity index (χ1) is 9.04. The van der Waals surface area contributed by atoms with Gasteiger partial charge >= 0.3 is 5.97 Å². The number of nitrogens with zero attached hydrogens (tertiary/aromatic N) is 1. The van der Waals surface area contributed by atoms with Crippen molar-refractivity contribution in [3.05, 3.63) is 34.6 Å². The van der Waals surface area contributed by atoms with Gasteiger partial charge in [0.15, 0.2) is 0 Å². The molecule has 3 nitrogen and oxygen atoms in total. The van der Waals surface area contributed by atoms with Crippen molar-refractivity contribution in [3.63, 3.8) is 0 Å². The summed E-state index contributed by atoms with van der Waals surface area (Å²) in [6.45, 7) is 2.22. The second kappa shape index (κ2) is 6.35. The summed E-state index contributed by atoms with van der Waals surface area (Å²) >= 11 is 6.05. The minimum Gasteiger partial charge on any atom is -0.481 e. The number of benzene rings is 1. The zero-order valence-corrected chi connectivity index (χ0v) is 11.4. The molecule has 0 radical (unpaired) electrons. The summed E-state index contributed by atoms with van der Waals surface area (Å²) in [6, 6.07) is 4.35. The van der Waals surface area contributed by atoms with Crippen molar-refractivity contribution >= 4 is 17.6 Å². The highest BCUT2D eigenvalue weighted by Crippen LogP contribution is 2.24. The van der Waals surface area contributed by atoms with Crippen molar-refractivity contribution in [1.29, 1.82) is 0 Å². The summed E-state index contributed by atoms with van der Waals surface area (Å²) < 4.78 is 13.2. The fraction of sp³-hybridized carbons (Fsp3) is 0.500. The van der Waals surface area contributed by atoms with Crippen molar-refractivity contribution in [3.8, 4) is 0 Å². The minimum absolute atomic E-state index is 0.179.